The van der Waals surface area contributed by atoms with Gasteiger partial charge in [-0.05, 0) is 38.5 Å². The molecule has 0 atom stereocenters. The maximum Gasteiger partial charge on any atom is 0.450 e. The fourth-order valence-electron chi connectivity index (χ4n) is 3.48. The molecule has 1 aromatic heterocycles. The van der Waals surface area contributed by atoms with Crippen molar-refractivity contribution in [3.8, 4) is 0 Å². The third-order valence-corrected chi connectivity index (χ3v) is 4.57. The molecule has 0 aliphatic rings. The van der Waals surface area contributed by atoms with Gasteiger partial charge < -0.3 is 4.57 Å². The molecule has 0 aliphatic carbocycles. The van der Waals surface area contributed by atoms with Crippen LogP contribution in [0.3, 0.4) is 0 Å². The minimum absolute atomic E-state index is 0.113. The number of ketones is 2. The molecule has 26 heavy (non-hydrogen) atoms. The first-order valence-corrected chi connectivity index (χ1v) is 8.30. The van der Waals surface area contributed by atoms with E-state index < -0.39 is 24.2 Å². The molecule has 0 unspecified atom stereocenters. The average molecular weight is 361 g/mol. The Bertz CT molecular complexity index is 1040. The highest BCUT2D eigenvalue weighted by molar-refractivity contribution is 6.14. The molecule has 136 valence electrons. The van der Waals surface area contributed by atoms with E-state index in [-0.39, 0.29) is 5.56 Å². The van der Waals surface area contributed by atoms with Gasteiger partial charge in [0.05, 0.1) is 11.9 Å². The second-order valence-electron chi connectivity index (χ2n) is 6.48. The van der Waals surface area contributed by atoms with Crippen LogP contribution in [-0.2, 0) is 11.3 Å². The lowest BCUT2D eigenvalue weighted by atomic mass is 10.0. The normalized spacial score (nSPS) is 12.1. The van der Waals surface area contributed by atoms with E-state index in [0.29, 0.717) is 6.54 Å². The van der Waals surface area contributed by atoms with Crippen LogP contribution in [0.25, 0.3) is 21.8 Å². The smallest absolute Gasteiger partial charge is 0.341 e. The number of hydrogen-bond donors (Lipinski definition) is 0. The minimum Gasteiger partial charge on any atom is -0.341 e. The van der Waals surface area contributed by atoms with Crippen LogP contribution in [0.1, 0.15) is 34.8 Å². The molecule has 6 heteroatoms. The van der Waals surface area contributed by atoms with Gasteiger partial charge in [0, 0.05) is 28.4 Å². The number of Topliss-reactive ketones (excluding diaryl/α,β-unsaturated/α-hetero) is 2. The number of carbonyl (C=O) groups is 2. The Morgan fingerprint density at radius 1 is 1.04 bits per heavy atom. The first kappa shape index (κ1) is 18.2. The monoisotopic (exact) mass is 361 g/mol. The summed E-state index contributed by atoms with van der Waals surface area (Å²) in [6, 6.07) is 8.95. The molecule has 3 aromatic rings. The molecule has 0 spiro atoms. The molecular weight excluding hydrogens is 343 g/mol. The fourth-order valence-corrected chi connectivity index (χ4v) is 3.48. The number of alkyl halides is 3. The van der Waals surface area contributed by atoms with Crippen LogP contribution < -0.4 is 0 Å². The van der Waals surface area contributed by atoms with Gasteiger partial charge in [-0.15, -0.1) is 0 Å². The van der Waals surface area contributed by atoms with E-state index in [4.69, 9.17) is 0 Å². The van der Waals surface area contributed by atoms with Crippen LogP contribution in [0.2, 0.25) is 0 Å². The second-order valence-corrected chi connectivity index (χ2v) is 6.48. The Hall–Kier alpha value is -2.63. The van der Waals surface area contributed by atoms with E-state index in [1.165, 1.54) is 6.07 Å². The molecule has 0 saturated carbocycles. The number of hydrogen-bond acceptors (Lipinski definition) is 2. The highest BCUT2D eigenvalue weighted by Gasteiger charge is 2.39. The summed E-state index contributed by atoms with van der Waals surface area (Å²) in [6.07, 6.45) is -6.16. The Kier molecular flexibility index (Phi) is 4.38. The number of aromatic nitrogens is 1. The molecular formula is C20H18F3NO2. The van der Waals surface area contributed by atoms with E-state index in [9.17, 15) is 22.8 Å². The Labute approximate surface area is 148 Å². The first-order chi connectivity index (χ1) is 12.1. The molecule has 0 aliphatic heterocycles. The summed E-state index contributed by atoms with van der Waals surface area (Å²) < 4.78 is 39.3. The van der Waals surface area contributed by atoms with Gasteiger partial charge in [0.15, 0.2) is 5.78 Å². The van der Waals surface area contributed by atoms with Crippen LogP contribution >= 0.6 is 0 Å². The number of fused-ring (bicyclic) bond motifs is 3. The summed E-state index contributed by atoms with van der Waals surface area (Å²) >= 11 is 0. The van der Waals surface area contributed by atoms with Crippen LogP contribution in [0.5, 0.6) is 0 Å². The Morgan fingerprint density at radius 3 is 2.35 bits per heavy atom. The number of halogens is 3. The van der Waals surface area contributed by atoms with Crippen LogP contribution in [0, 0.1) is 13.8 Å². The molecule has 0 N–H and O–H groups in total. The van der Waals surface area contributed by atoms with E-state index in [2.05, 4.69) is 12.1 Å². The molecule has 0 amide bonds. The van der Waals surface area contributed by atoms with Crippen molar-refractivity contribution >= 4 is 33.4 Å². The van der Waals surface area contributed by atoms with E-state index in [1.807, 2.05) is 25.3 Å². The second kappa shape index (κ2) is 6.27. The highest BCUT2D eigenvalue weighted by Crippen LogP contribution is 2.33. The van der Waals surface area contributed by atoms with Crippen molar-refractivity contribution in [3.05, 3.63) is 47.0 Å². The van der Waals surface area contributed by atoms with Crippen molar-refractivity contribution in [2.24, 2.45) is 0 Å². The zero-order valence-corrected chi connectivity index (χ0v) is 14.7. The molecule has 0 radical (unpaired) electrons. The van der Waals surface area contributed by atoms with Crippen molar-refractivity contribution in [2.75, 3.05) is 0 Å². The van der Waals surface area contributed by atoms with Gasteiger partial charge in [0.1, 0.15) is 0 Å². The molecule has 0 saturated heterocycles. The maximum atomic E-state index is 12.4. The summed E-state index contributed by atoms with van der Waals surface area (Å²) in [5.41, 5.74) is 4.15. The standard InChI is InChI=1S/C20H18F3NO2/c1-4-24-16-9-13(17(25)10-18(26)20(21,22)23)5-6-14(16)15-8-11(2)7-12(3)19(15)24/h5-9H,4,10H2,1-3H3. The van der Waals surface area contributed by atoms with Gasteiger partial charge in [0.2, 0.25) is 5.78 Å². The lowest BCUT2D eigenvalue weighted by Crippen LogP contribution is -2.25. The number of benzene rings is 2. The van der Waals surface area contributed by atoms with Crippen LogP contribution in [0.15, 0.2) is 30.3 Å². The van der Waals surface area contributed by atoms with E-state index in [0.717, 1.165) is 32.9 Å². The van der Waals surface area contributed by atoms with Crippen molar-refractivity contribution in [2.45, 2.75) is 39.9 Å². The summed E-state index contributed by atoms with van der Waals surface area (Å²) in [7, 11) is 0. The molecule has 0 fully saturated rings. The summed E-state index contributed by atoms with van der Waals surface area (Å²) in [6.45, 7) is 6.64. The zero-order chi connectivity index (χ0) is 19.2. The van der Waals surface area contributed by atoms with Crippen molar-refractivity contribution in [1.29, 1.82) is 0 Å². The molecule has 3 nitrogen and oxygen atoms in total. The quantitative estimate of drug-likeness (QED) is 0.477. The zero-order valence-electron chi connectivity index (χ0n) is 14.7. The SMILES string of the molecule is CCn1c2cc(C(=O)CC(=O)C(F)(F)F)ccc2c2cc(C)cc(C)c21. The fraction of sp³-hybridized carbons (Fsp3) is 0.300. The largest absolute Gasteiger partial charge is 0.450 e. The molecule has 0 bridgehead atoms. The van der Waals surface area contributed by atoms with E-state index >= 15 is 0 Å². The molecule has 1 heterocycles. The van der Waals surface area contributed by atoms with Gasteiger partial charge >= 0.3 is 6.18 Å². The number of aryl methyl sites for hydroxylation is 3. The summed E-state index contributed by atoms with van der Waals surface area (Å²) in [5.74, 6) is -2.85. The third kappa shape index (κ3) is 3.00. The average Bonchev–Trinajstić information content (AvgIpc) is 2.87. The summed E-state index contributed by atoms with van der Waals surface area (Å²) in [4.78, 5) is 23.3. The molecule has 2 aromatic carbocycles. The number of rotatable bonds is 4. The van der Waals surface area contributed by atoms with Crippen molar-refractivity contribution < 1.29 is 22.8 Å². The van der Waals surface area contributed by atoms with Crippen molar-refractivity contribution in [3.63, 3.8) is 0 Å². The first-order valence-electron chi connectivity index (χ1n) is 8.30. The predicted molar refractivity (Wildman–Crippen MR) is 94.6 cm³/mol. The van der Waals surface area contributed by atoms with E-state index in [1.54, 1.807) is 12.1 Å². The van der Waals surface area contributed by atoms with Crippen LogP contribution in [-0.4, -0.2) is 22.3 Å². The lowest BCUT2D eigenvalue weighted by Gasteiger charge is -2.07. The summed E-state index contributed by atoms with van der Waals surface area (Å²) in [5, 5.41) is 1.98. The highest BCUT2D eigenvalue weighted by atomic mass is 19.4. The molecule has 3 rings (SSSR count). The van der Waals surface area contributed by atoms with Crippen molar-refractivity contribution in [1.82, 2.24) is 4.57 Å². The van der Waals surface area contributed by atoms with Gasteiger partial charge in [-0.25, -0.2) is 0 Å². The van der Waals surface area contributed by atoms with Gasteiger partial charge in [-0.3, -0.25) is 9.59 Å². The topological polar surface area (TPSA) is 39.1 Å². The minimum atomic E-state index is -4.99. The third-order valence-electron chi connectivity index (χ3n) is 4.57. The van der Waals surface area contributed by atoms with Gasteiger partial charge in [-0.1, -0.05) is 23.8 Å². The Morgan fingerprint density at radius 2 is 1.73 bits per heavy atom. The van der Waals surface area contributed by atoms with Gasteiger partial charge in [0.25, 0.3) is 0 Å². The Balaban J connectivity index is 2.14. The predicted octanol–water partition coefficient (Wildman–Crippen LogP) is 5.14. The number of nitrogens with zero attached hydrogens (tertiary/aromatic N) is 1. The van der Waals surface area contributed by atoms with Gasteiger partial charge in [-0.2, -0.15) is 13.2 Å². The van der Waals surface area contributed by atoms with Crippen LogP contribution in [0.4, 0.5) is 13.2 Å². The lowest BCUT2D eigenvalue weighted by molar-refractivity contribution is -0.170. The number of carbonyl (C=O) groups excluding carboxylic acids is 2. The maximum absolute atomic E-state index is 12.4.